The molecule has 0 radical (unpaired) electrons. The molecular weight excluding hydrogens is 272 g/mol. The van der Waals surface area contributed by atoms with Crippen molar-refractivity contribution in [2.24, 2.45) is 0 Å². The minimum Gasteiger partial charge on any atom is -0.507 e. The van der Waals surface area contributed by atoms with Crippen LogP contribution in [0.5, 0.6) is 5.75 Å². The van der Waals surface area contributed by atoms with Crippen LogP contribution in [0.4, 0.5) is 0 Å². The summed E-state index contributed by atoms with van der Waals surface area (Å²) in [4.78, 5) is 10.4. The number of para-hydroxylation sites is 1. The Bertz CT molecular complexity index is 595. The molecule has 1 aromatic carbocycles. The Morgan fingerprint density at radius 3 is 2.62 bits per heavy atom. The highest BCUT2D eigenvalue weighted by Crippen LogP contribution is 2.27. The van der Waals surface area contributed by atoms with Gasteiger partial charge in [-0.2, -0.15) is 0 Å². The molecule has 2 aromatic rings. The topological polar surface area (TPSA) is 96.5 Å². The van der Waals surface area contributed by atoms with Gasteiger partial charge in [0.1, 0.15) is 5.75 Å². The smallest absolute Gasteiger partial charge is 0.303 e. The van der Waals surface area contributed by atoms with Crippen molar-refractivity contribution in [3.05, 3.63) is 30.2 Å². The number of phenolic OH excluding ortho intramolecular Hbond substituents is 1. The number of hydrogen-bond acceptors (Lipinski definition) is 5. The Kier molecular flexibility index (Phi) is 5.31. The molecule has 0 amide bonds. The number of benzene rings is 1. The molecular formula is C15H18N2O4. The van der Waals surface area contributed by atoms with Gasteiger partial charge in [0.05, 0.1) is 5.56 Å². The molecule has 112 valence electrons. The summed E-state index contributed by atoms with van der Waals surface area (Å²) >= 11 is 0. The van der Waals surface area contributed by atoms with Crippen molar-refractivity contribution in [3.8, 4) is 17.2 Å². The Hall–Kier alpha value is -2.37. The summed E-state index contributed by atoms with van der Waals surface area (Å²) in [7, 11) is 0. The second-order valence-corrected chi connectivity index (χ2v) is 4.83. The van der Waals surface area contributed by atoms with Gasteiger partial charge in [0.25, 0.3) is 5.89 Å². The molecule has 0 spiro atoms. The highest BCUT2D eigenvalue weighted by Gasteiger charge is 2.11. The quantitative estimate of drug-likeness (QED) is 0.725. The Labute approximate surface area is 122 Å². The van der Waals surface area contributed by atoms with E-state index >= 15 is 0 Å². The van der Waals surface area contributed by atoms with E-state index in [1.165, 1.54) is 0 Å². The van der Waals surface area contributed by atoms with Crippen molar-refractivity contribution < 1.29 is 19.4 Å². The Morgan fingerprint density at radius 1 is 1.10 bits per heavy atom. The fraction of sp³-hybridized carbons (Fsp3) is 0.400. The van der Waals surface area contributed by atoms with E-state index in [0.29, 0.717) is 30.2 Å². The number of aliphatic carboxylic acids is 1. The number of carbonyl (C=O) groups is 1. The normalized spacial score (nSPS) is 10.7. The molecule has 0 unspecified atom stereocenters. The van der Waals surface area contributed by atoms with Crippen molar-refractivity contribution in [3.63, 3.8) is 0 Å². The summed E-state index contributed by atoms with van der Waals surface area (Å²) in [5.41, 5.74) is 0.526. The molecule has 0 aliphatic rings. The van der Waals surface area contributed by atoms with E-state index in [-0.39, 0.29) is 12.2 Å². The zero-order valence-electron chi connectivity index (χ0n) is 11.7. The molecule has 21 heavy (non-hydrogen) atoms. The highest BCUT2D eigenvalue weighted by atomic mass is 16.4. The van der Waals surface area contributed by atoms with Crippen LogP contribution < -0.4 is 0 Å². The molecule has 6 heteroatoms. The molecule has 0 saturated carbocycles. The van der Waals surface area contributed by atoms with Gasteiger partial charge < -0.3 is 14.6 Å². The maximum absolute atomic E-state index is 10.4. The molecule has 2 N–H and O–H groups in total. The standard InChI is InChI=1S/C15H18N2O4/c18-12-8-6-5-7-11(12)15-17-16-13(21-15)9-3-1-2-4-10-14(19)20/h5-8,18H,1-4,9-10H2,(H,19,20). The predicted molar refractivity (Wildman–Crippen MR) is 75.8 cm³/mol. The van der Waals surface area contributed by atoms with E-state index in [4.69, 9.17) is 9.52 Å². The van der Waals surface area contributed by atoms with E-state index in [2.05, 4.69) is 10.2 Å². The van der Waals surface area contributed by atoms with Crippen LogP contribution in [0.25, 0.3) is 11.5 Å². The summed E-state index contributed by atoms with van der Waals surface area (Å²) in [6, 6.07) is 6.81. The summed E-state index contributed by atoms with van der Waals surface area (Å²) in [6.07, 6.45) is 4.27. The summed E-state index contributed by atoms with van der Waals surface area (Å²) in [5, 5.41) is 26.1. The number of aryl methyl sites for hydroxylation is 1. The summed E-state index contributed by atoms with van der Waals surface area (Å²) < 4.78 is 5.52. The van der Waals surface area contributed by atoms with Gasteiger partial charge in [-0.25, -0.2) is 0 Å². The molecule has 1 aromatic heterocycles. The number of unbranched alkanes of at least 4 members (excludes halogenated alkanes) is 3. The molecule has 0 bridgehead atoms. The van der Waals surface area contributed by atoms with E-state index in [9.17, 15) is 9.90 Å². The van der Waals surface area contributed by atoms with Gasteiger partial charge in [0.2, 0.25) is 5.89 Å². The summed E-state index contributed by atoms with van der Waals surface area (Å²) in [5.74, 6) is 0.209. The molecule has 0 aliphatic carbocycles. The van der Waals surface area contributed by atoms with E-state index in [1.807, 2.05) is 0 Å². The van der Waals surface area contributed by atoms with Crippen molar-refractivity contribution in [2.45, 2.75) is 38.5 Å². The SMILES string of the molecule is O=C(O)CCCCCCc1nnc(-c2ccccc2O)o1. The lowest BCUT2D eigenvalue weighted by atomic mass is 10.1. The van der Waals surface area contributed by atoms with Crippen LogP contribution in [0.3, 0.4) is 0 Å². The molecule has 0 fully saturated rings. The van der Waals surface area contributed by atoms with Crippen molar-refractivity contribution >= 4 is 5.97 Å². The first-order valence-electron chi connectivity index (χ1n) is 6.99. The van der Waals surface area contributed by atoms with Crippen LogP contribution in [0.15, 0.2) is 28.7 Å². The third kappa shape index (κ3) is 4.59. The molecule has 0 atom stereocenters. The minimum atomic E-state index is -0.751. The van der Waals surface area contributed by atoms with Crippen LogP contribution >= 0.6 is 0 Å². The third-order valence-electron chi connectivity index (χ3n) is 3.13. The minimum absolute atomic E-state index is 0.112. The number of aromatic nitrogens is 2. The van der Waals surface area contributed by atoms with Gasteiger partial charge in [-0.15, -0.1) is 10.2 Å². The molecule has 0 saturated heterocycles. The predicted octanol–water partition coefficient (Wildman–Crippen LogP) is 3.02. The average molecular weight is 290 g/mol. The second-order valence-electron chi connectivity index (χ2n) is 4.83. The fourth-order valence-electron chi connectivity index (χ4n) is 2.02. The van der Waals surface area contributed by atoms with Crippen molar-refractivity contribution in [1.29, 1.82) is 0 Å². The van der Waals surface area contributed by atoms with Crippen molar-refractivity contribution in [2.75, 3.05) is 0 Å². The highest BCUT2D eigenvalue weighted by molar-refractivity contribution is 5.66. The number of aromatic hydroxyl groups is 1. The van der Waals surface area contributed by atoms with E-state index in [1.54, 1.807) is 24.3 Å². The lowest BCUT2D eigenvalue weighted by molar-refractivity contribution is -0.137. The monoisotopic (exact) mass is 290 g/mol. The Morgan fingerprint density at radius 2 is 1.86 bits per heavy atom. The maximum atomic E-state index is 10.4. The number of phenols is 1. The van der Waals surface area contributed by atoms with Gasteiger partial charge in [0.15, 0.2) is 0 Å². The third-order valence-corrected chi connectivity index (χ3v) is 3.13. The van der Waals surface area contributed by atoms with E-state index in [0.717, 1.165) is 19.3 Å². The first-order chi connectivity index (χ1) is 10.2. The number of nitrogens with zero attached hydrogens (tertiary/aromatic N) is 2. The molecule has 6 nitrogen and oxygen atoms in total. The van der Waals surface area contributed by atoms with Crippen LogP contribution in [0.1, 0.15) is 38.0 Å². The first kappa shape index (κ1) is 15.0. The zero-order chi connectivity index (χ0) is 15.1. The largest absolute Gasteiger partial charge is 0.507 e. The van der Waals surface area contributed by atoms with Gasteiger partial charge in [-0.3, -0.25) is 4.79 Å². The first-order valence-corrected chi connectivity index (χ1v) is 6.99. The van der Waals surface area contributed by atoms with E-state index < -0.39 is 5.97 Å². The van der Waals surface area contributed by atoms with Crippen LogP contribution in [-0.2, 0) is 11.2 Å². The maximum Gasteiger partial charge on any atom is 0.303 e. The average Bonchev–Trinajstić information content (AvgIpc) is 2.91. The number of carboxylic acid groups (broad SMARTS) is 1. The number of carboxylic acids is 1. The number of rotatable bonds is 8. The van der Waals surface area contributed by atoms with Gasteiger partial charge in [-0.05, 0) is 25.0 Å². The number of hydrogen-bond donors (Lipinski definition) is 2. The van der Waals surface area contributed by atoms with Gasteiger partial charge in [-0.1, -0.05) is 25.0 Å². The molecule has 2 rings (SSSR count). The van der Waals surface area contributed by atoms with Crippen molar-refractivity contribution in [1.82, 2.24) is 10.2 Å². The van der Waals surface area contributed by atoms with Gasteiger partial charge in [0, 0.05) is 12.8 Å². The lowest BCUT2D eigenvalue weighted by Crippen LogP contribution is -1.94. The second kappa shape index (κ2) is 7.42. The van der Waals surface area contributed by atoms with Crippen LogP contribution in [0.2, 0.25) is 0 Å². The van der Waals surface area contributed by atoms with Gasteiger partial charge >= 0.3 is 5.97 Å². The van der Waals surface area contributed by atoms with Crippen LogP contribution in [-0.4, -0.2) is 26.4 Å². The molecule has 1 heterocycles. The summed E-state index contributed by atoms with van der Waals surface area (Å²) in [6.45, 7) is 0. The Balaban J connectivity index is 1.79. The fourth-order valence-corrected chi connectivity index (χ4v) is 2.02. The molecule has 0 aliphatic heterocycles. The van der Waals surface area contributed by atoms with Crippen LogP contribution in [0, 0.1) is 0 Å². The lowest BCUT2D eigenvalue weighted by Gasteiger charge is -1.98. The zero-order valence-corrected chi connectivity index (χ0v) is 11.7.